The predicted octanol–water partition coefficient (Wildman–Crippen LogP) is 6.78. The molecule has 192 valence electrons. The fourth-order valence-electron chi connectivity index (χ4n) is 4.83. The number of halogens is 1. The third-order valence-electron chi connectivity index (χ3n) is 6.81. The van der Waals surface area contributed by atoms with Gasteiger partial charge in [0.15, 0.2) is 5.82 Å². The lowest BCUT2D eigenvalue weighted by atomic mass is 10.0. The van der Waals surface area contributed by atoms with E-state index in [2.05, 4.69) is 41.1 Å². The Morgan fingerprint density at radius 2 is 1.65 bits per heavy atom. The first-order chi connectivity index (χ1) is 18.0. The van der Waals surface area contributed by atoms with E-state index in [0.29, 0.717) is 5.02 Å². The van der Waals surface area contributed by atoms with E-state index in [1.165, 1.54) is 5.56 Å². The minimum absolute atomic E-state index is 0.0286. The van der Waals surface area contributed by atoms with Crippen LogP contribution >= 0.6 is 22.9 Å². The second kappa shape index (κ2) is 11.5. The van der Waals surface area contributed by atoms with Crippen molar-refractivity contribution in [2.75, 3.05) is 18.0 Å². The summed E-state index contributed by atoms with van der Waals surface area (Å²) in [7, 11) is 0. The van der Waals surface area contributed by atoms with Gasteiger partial charge in [-0.1, -0.05) is 77.7 Å². The van der Waals surface area contributed by atoms with Crippen molar-refractivity contribution in [2.45, 2.75) is 51.9 Å². The van der Waals surface area contributed by atoms with Crippen molar-refractivity contribution >= 4 is 28.8 Å². The molecule has 0 saturated carbocycles. The number of unbranched alkanes of at least 4 members (excludes halogenated alkanes) is 3. The summed E-state index contributed by atoms with van der Waals surface area (Å²) >= 11 is 7.26. The second-order valence-electron chi connectivity index (χ2n) is 9.61. The van der Waals surface area contributed by atoms with Crippen molar-refractivity contribution in [1.29, 1.82) is 0 Å². The van der Waals surface area contributed by atoms with Crippen molar-refractivity contribution in [3.63, 3.8) is 0 Å². The first kappa shape index (κ1) is 25.5. The molecule has 2 aromatic carbocycles. The van der Waals surface area contributed by atoms with Gasteiger partial charge in [-0.05, 0) is 51.2 Å². The van der Waals surface area contributed by atoms with Crippen molar-refractivity contribution < 1.29 is 5.11 Å². The van der Waals surface area contributed by atoms with Gasteiger partial charge in [0.25, 0.3) is 0 Å². The Morgan fingerprint density at radius 3 is 2.35 bits per heavy atom. The number of nitrogens with zero attached hydrogens (tertiary/aromatic N) is 3. The van der Waals surface area contributed by atoms with Crippen LogP contribution in [0, 0.1) is 6.92 Å². The molecular formula is C29H31ClN4O2S. The summed E-state index contributed by atoms with van der Waals surface area (Å²) in [6, 6.07) is 16.3. The fraction of sp³-hybridized carbons (Fsp3) is 0.345. The van der Waals surface area contributed by atoms with Gasteiger partial charge in [-0.25, -0.2) is 9.97 Å². The Hall–Kier alpha value is -3.16. The maximum Gasteiger partial charge on any atom is 0.307 e. The van der Waals surface area contributed by atoms with E-state index in [1.54, 1.807) is 0 Å². The molecule has 2 N–H and O–H groups in total. The number of aryl methyl sites for hydroxylation is 3. The predicted molar refractivity (Wildman–Crippen MR) is 152 cm³/mol. The van der Waals surface area contributed by atoms with E-state index in [4.69, 9.17) is 21.6 Å². The molecule has 0 fully saturated rings. The monoisotopic (exact) mass is 534 g/mol. The lowest BCUT2D eigenvalue weighted by molar-refractivity contribution is 0.448. The van der Waals surface area contributed by atoms with Crippen LogP contribution in [0.2, 0.25) is 5.02 Å². The molecule has 4 aromatic rings. The van der Waals surface area contributed by atoms with Crippen molar-refractivity contribution in [2.24, 2.45) is 0 Å². The summed E-state index contributed by atoms with van der Waals surface area (Å²) in [6.45, 7) is 4.02. The van der Waals surface area contributed by atoms with Gasteiger partial charge < -0.3 is 10.0 Å². The molecule has 2 aromatic heterocycles. The maximum atomic E-state index is 11.3. The Kier molecular flexibility index (Phi) is 7.91. The summed E-state index contributed by atoms with van der Waals surface area (Å²) in [6.07, 6.45) is 6.90. The average molecular weight is 535 g/mol. The molecule has 1 aliphatic rings. The number of aromatic hydroxyl groups is 1. The van der Waals surface area contributed by atoms with E-state index in [1.807, 2.05) is 24.3 Å². The number of hydrogen-bond donors (Lipinski definition) is 2. The smallest absolute Gasteiger partial charge is 0.307 e. The molecule has 6 nitrogen and oxygen atoms in total. The van der Waals surface area contributed by atoms with Crippen LogP contribution in [0.25, 0.3) is 22.5 Å². The van der Waals surface area contributed by atoms with Gasteiger partial charge in [-0.3, -0.25) is 9.78 Å². The third-order valence-corrected chi connectivity index (χ3v) is 8.00. The minimum atomic E-state index is -0.193. The largest absolute Gasteiger partial charge is 0.494 e. The van der Waals surface area contributed by atoms with Crippen LogP contribution in [0.1, 0.15) is 48.2 Å². The van der Waals surface area contributed by atoms with Crippen LogP contribution in [0.15, 0.2) is 53.3 Å². The van der Waals surface area contributed by atoms with Crippen molar-refractivity contribution in [1.82, 2.24) is 15.0 Å². The van der Waals surface area contributed by atoms with Gasteiger partial charge in [0.05, 0.1) is 22.0 Å². The van der Waals surface area contributed by atoms with Gasteiger partial charge in [-0.15, -0.1) is 0 Å². The summed E-state index contributed by atoms with van der Waals surface area (Å²) < 4.78 is 0. The zero-order chi connectivity index (χ0) is 25.8. The molecule has 3 heterocycles. The Bertz CT molecular complexity index is 1410. The lowest BCUT2D eigenvalue weighted by Gasteiger charge is -2.30. The first-order valence-corrected chi connectivity index (χ1v) is 14.1. The van der Waals surface area contributed by atoms with Crippen molar-refractivity contribution in [3.8, 4) is 28.4 Å². The maximum absolute atomic E-state index is 11.3. The van der Waals surface area contributed by atoms with E-state index in [9.17, 15) is 9.90 Å². The molecule has 0 bridgehead atoms. The number of H-pyrrole nitrogens is 1. The van der Waals surface area contributed by atoms with Crippen LogP contribution in [0.4, 0.5) is 5.82 Å². The number of aromatic nitrogens is 3. The number of thiazole rings is 1. The first-order valence-electron chi connectivity index (χ1n) is 12.9. The number of anilines is 1. The summed E-state index contributed by atoms with van der Waals surface area (Å²) in [5.74, 6) is 1.03. The van der Waals surface area contributed by atoms with Crippen LogP contribution < -0.4 is 9.77 Å². The third kappa shape index (κ3) is 6.05. The van der Waals surface area contributed by atoms with Gasteiger partial charge in [-0.2, -0.15) is 0 Å². The van der Waals surface area contributed by atoms with Gasteiger partial charge >= 0.3 is 4.87 Å². The topological polar surface area (TPSA) is 82.1 Å². The molecule has 0 aliphatic carbocycles. The molecule has 8 heteroatoms. The standard InChI is InChI=1S/C29H31ClN4O2S/c1-19-9-11-20(12-10-19)26-25(21-13-15-22(30)16-14-21)31-23-7-6-18-34(27(23)32-26)17-5-3-2-4-8-24-28(35)33-29(36)37-24/h9-16,35H,2-8,17-18H2,1H3,(H,33,36). The quantitative estimate of drug-likeness (QED) is 0.231. The summed E-state index contributed by atoms with van der Waals surface area (Å²) in [5, 5.41) is 10.5. The molecule has 1 aliphatic heterocycles. The summed E-state index contributed by atoms with van der Waals surface area (Å²) in [5.41, 5.74) is 6.15. The molecule has 0 radical (unpaired) electrons. The average Bonchev–Trinajstić information content (AvgIpc) is 3.22. The molecule has 5 rings (SSSR count). The SMILES string of the molecule is Cc1ccc(-c2nc3c(nc2-c2ccc(Cl)cc2)CCCN3CCCCCCc2sc(=O)[nH]c2O)cc1. The molecular weight excluding hydrogens is 504 g/mol. The second-order valence-corrected chi connectivity index (χ2v) is 11.1. The van der Waals surface area contributed by atoms with E-state index >= 15 is 0 Å². The Balaban J connectivity index is 1.32. The molecule has 0 amide bonds. The number of fused-ring (bicyclic) bond motifs is 1. The molecule has 0 atom stereocenters. The Morgan fingerprint density at radius 1 is 0.973 bits per heavy atom. The van der Waals surface area contributed by atoms with E-state index in [0.717, 1.165) is 108 Å². The van der Waals surface area contributed by atoms with Gasteiger partial charge in [0.1, 0.15) is 0 Å². The summed E-state index contributed by atoms with van der Waals surface area (Å²) in [4.78, 5) is 27.1. The Labute approximate surface area is 226 Å². The fourth-order valence-corrected chi connectivity index (χ4v) is 5.72. The highest BCUT2D eigenvalue weighted by atomic mass is 35.5. The highest BCUT2D eigenvalue weighted by molar-refractivity contribution is 7.09. The normalized spacial score (nSPS) is 13.1. The number of aromatic amines is 1. The lowest BCUT2D eigenvalue weighted by Crippen LogP contribution is -2.32. The zero-order valence-corrected chi connectivity index (χ0v) is 22.5. The number of rotatable bonds is 9. The molecule has 0 spiro atoms. The highest BCUT2D eigenvalue weighted by Crippen LogP contribution is 2.35. The van der Waals surface area contributed by atoms with Crippen LogP contribution in [0.5, 0.6) is 5.88 Å². The van der Waals surface area contributed by atoms with E-state index < -0.39 is 0 Å². The minimum Gasteiger partial charge on any atom is -0.494 e. The molecule has 37 heavy (non-hydrogen) atoms. The molecule has 0 unspecified atom stereocenters. The zero-order valence-electron chi connectivity index (χ0n) is 21.0. The number of nitrogens with one attached hydrogen (secondary N) is 1. The van der Waals surface area contributed by atoms with Gasteiger partial charge in [0, 0.05) is 29.2 Å². The van der Waals surface area contributed by atoms with Gasteiger partial charge in [0.2, 0.25) is 5.88 Å². The van der Waals surface area contributed by atoms with Crippen molar-refractivity contribution in [3.05, 3.63) is 79.4 Å². The highest BCUT2D eigenvalue weighted by Gasteiger charge is 2.23. The van der Waals surface area contributed by atoms with E-state index in [-0.39, 0.29) is 10.8 Å². The number of benzene rings is 2. The van der Waals surface area contributed by atoms with Crippen LogP contribution in [-0.4, -0.2) is 33.1 Å². The van der Waals surface area contributed by atoms with Crippen LogP contribution in [0.3, 0.4) is 0 Å². The molecule has 0 saturated heterocycles. The van der Waals surface area contributed by atoms with Crippen LogP contribution in [-0.2, 0) is 12.8 Å². The number of hydrogen-bond acceptors (Lipinski definition) is 6.